The van der Waals surface area contributed by atoms with Crippen LogP contribution in [0.1, 0.15) is 30.5 Å². The van der Waals surface area contributed by atoms with Crippen molar-refractivity contribution in [3.8, 4) is 0 Å². The van der Waals surface area contributed by atoms with Gasteiger partial charge in [-0.25, -0.2) is 0 Å². The van der Waals surface area contributed by atoms with Gasteiger partial charge in [-0.1, -0.05) is 0 Å². The van der Waals surface area contributed by atoms with Crippen LogP contribution in [0.2, 0.25) is 0 Å². The van der Waals surface area contributed by atoms with Gasteiger partial charge in [-0.05, 0) is 62.7 Å². The molecular formula is C18H27N5. The molecule has 5 heteroatoms. The Morgan fingerprint density at radius 1 is 1.09 bits per heavy atom. The summed E-state index contributed by atoms with van der Waals surface area (Å²) in [5.41, 5.74) is 2.67. The Hall–Kier alpha value is -1.20. The summed E-state index contributed by atoms with van der Waals surface area (Å²) in [7, 11) is 0. The molecule has 2 bridgehead atoms. The third-order valence-electron chi connectivity index (χ3n) is 6.41. The Morgan fingerprint density at radius 2 is 1.96 bits per heavy atom. The highest BCUT2D eigenvalue weighted by Gasteiger charge is 2.35. The molecular weight excluding hydrogens is 286 g/mol. The Labute approximate surface area is 138 Å². The number of hydrogen-bond donors (Lipinski definition) is 1. The van der Waals surface area contributed by atoms with Gasteiger partial charge in [0.05, 0.1) is 5.69 Å². The van der Waals surface area contributed by atoms with Gasteiger partial charge in [0, 0.05) is 38.1 Å². The lowest BCUT2D eigenvalue weighted by Crippen LogP contribution is -2.59. The first-order valence-corrected chi connectivity index (χ1v) is 9.41. The summed E-state index contributed by atoms with van der Waals surface area (Å²) in [4.78, 5) is 5.03. The Balaban J connectivity index is 1.12. The number of hydrogen-bond acceptors (Lipinski definition) is 5. The average Bonchev–Trinajstić information content (AvgIpc) is 3.02. The number of fused-ring (bicyclic) bond motifs is 4. The minimum absolute atomic E-state index is 0.742. The van der Waals surface area contributed by atoms with Gasteiger partial charge >= 0.3 is 0 Å². The molecule has 1 atom stereocenters. The molecule has 0 amide bonds. The molecule has 4 saturated heterocycles. The normalized spacial score (nSPS) is 32.9. The van der Waals surface area contributed by atoms with E-state index in [1.165, 1.54) is 63.1 Å². The molecule has 1 N–H and O–H groups in total. The van der Waals surface area contributed by atoms with Crippen LogP contribution in [0.4, 0.5) is 5.82 Å². The van der Waals surface area contributed by atoms with E-state index in [-0.39, 0.29) is 0 Å². The number of nitrogens with one attached hydrogen (secondary N) is 1. The molecule has 5 heterocycles. The van der Waals surface area contributed by atoms with Crippen molar-refractivity contribution >= 4 is 5.82 Å². The van der Waals surface area contributed by atoms with E-state index in [4.69, 9.17) is 0 Å². The monoisotopic (exact) mass is 313 g/mol. The molecule has 1 aromatic rings. The van der Waals surface area contributed by atoms with E-state index >= 15 is 0 Å². The molecule has 6 rings (SSSR count). The van der Waals surface area contributed by atoms with Crippen LogP contribution in [0.3, 0.4) is 0 Å². The minimum Gasteiger partial charge on any atom is -0.354 e. The molecule has 1 unspecified atom stereocenters. The smallest absolute Gasteiger partial charge is 0.151 e. The minimum atomic E-state index is 0.742. The fourth-order valence-corrected chi connectivity index (χ4v) is 4.87. The van der Waals surface area contributed by atoms with E-state index in [9.17, 15) is 0 Å². The predicted octanol–water partition coefficient (Wildman–Crippen LogP) is 1.09. The lowest BCUT2D eigenvalue weighted by Gasteiger charge is -2.47. The van der Waals surface area contributed by atoms with Crippen molar-refractivity contribution in [2.45, 2.75) is 38.1 Å². The second-order valence-electron chi connectivity index (χ2n) is 7.95. The quantitative estimate of drug-likeness (QED) is 0.901. The first kappa shape index (κ1) is 14.2. The molecule has 0 radical (unpaired) electrons. The van der Waals surface area contributed by atoms with E-state index in [1.54, 1.807) is 0 Å². The van der Waals surface area contributed by atoms with Crippen molar-refractivity contribution in [1.82, 2.24) is 20.4 Å². The first-order chi connectivity index (χ1) is 11.3. The predicted molar refractivity (Wildman–Crippen MR) is 90.7 cm³/mol. The summed E-state index contributed by atoms with van der Waals surface area (Å²) in [5.74, 6) is 2.81. The average molecular weight is 313 g/mol. The molecule has 23 heavy (non-hydrogen) atoms. The van der Waals surface area contributed by atoms with Crippen LogP contribution in [0.15, 0.2) is 6.07 Å². The molecule has 0 aromatic carbocycles. The van der Waals surface area contributed by atoms with Gasteiger partial charge in [-0.15, -0.1) is 5.10 Å². The second kappa shape index (κ2) is 5.71. The van der Waals surface area contributed by atoms with Crippen molar-refractivity contribution in [2.24, 2.45) is 11.8 Å². The number of aromatic nitrogens is 2. The maximum Gasteiger partial charge on any atom is 0.151 e. The maximum absolute atomic E-state index is 4.44. The van der Waals surface area contributed by atoms with Crippen LogP contribution >= 0.6 is 0 Å². The zero-order chi connectivity index (χ0) is 15.2. The lowest BCUT2D eigenvalue weighted by atomic mass is 9.83. The highest BCUT2D eigenvalue weighted by Crippen LogP contribution is 2.29. The van der Waals surface area contributed by atoms with Crippen molar-refractivity contribution in [3.63, 3.8) is 0 Å². The summed E-state index contributed by atoms with van der Waals surface area (Å²) < 4.78 is 0. The number of anilines is 1. The summed E-state index contributed by atoms with van der Waals surface area (Å²) in [5, 5.41) is 12.7. The lowest BCUT2D eigenvalue weighted by molar-refractivity contribution is 0.0700. The van der Waals surface area contributed by atoms with E-state index in [0.717, 1.165) is 43.2 Å². The Kier molecular flexibility index (Phi) is 3.52. The van der Waals surface area contributed by atoms with Crippen LogP contribution in [-0.2, 0) is 12.8 Å². The van der Waals surface area contributed by atoms with Crippen LogP contribution < -0.4 is 10.2 Å². The highest BCUT2D eigenvalue weighted by molar-refractivity contribution is 5.45. The Bertz CT molecular complexity index is 575. The van der Waals surface area contributed by atoms with Gasteiger partial charge in [0.2, 0.25) is 0 Å². The summed E-state index contributed by atoms with van der Waals surface area (Å²) >= 11 is 0. The zero-order valence-corrected chi connectivity index (χ0v) is 13.9. The van der Waals surface area contributed by atoms with Gasteiger partial charge in [-0.3, -0.25) is 0 Å². The summed E-state index contributed by atoms with van der Waals surface area (Å²) in [6.45, 7) is 7.39. The molecule has 4 fully saturated rings. The van der Waals surface area contributed by atoms with E-state index in [0.29, 0.717) is 0 Å². The first-order valence-electron chi connectivity index (χ1n) is 9.41. The van der Waals surface area contributed by atoms with Crippen LogP contribution in [-0.4, -0.2) is 60.4 Å². The van der Waals surface area contributed by atoms with Gasteiger partial charge in [0.1, 0.15) is 0 Å². The van der Waals surface area contributed by atoms with E-state index < -0.39 is 0 Å². The second-order valence-corrected chi connectivity index (χ2v) is 7.95. The fraction of sp³-hybridized carbons (Fsp3) is 0.778. The third kappa shape index (κ3) is 2.64. The molecule has 0 spiro atoms. The van der Waals surface area contributed by atoms with Crippen molar-refractivity contribution in [2.75, 3.05) is 44.2 Å². The molecule has 1 aromatic heterocycles. The maximum atomic E-state index is 4.44. The van der Waals surface area contributed by atoms with Gasteiger partial charge in [-0.2, -0.15) is 5.10 Å². The third-order valence-corrected chi connectivity index (χ3v) is 6.41. The van der Waals surface area contributed by atoms with Crippen molar-refractivity contribution in [1.29, 1.82) is 0 Å². The van der Waals surface area contributed by atoms with Crippen LogP contribution in [0, 0.1) is 11.8 Å². The van der Waals surface area contributed by atoms with Crippen LogP contribution in [0.25, 0.3) is 0 Å². The van der Waals surface area contributed by atoms with Crippen molar-refractivity contribution < 1.29 is 0 Å². The van der Waals surface area contributed by atoms with E-state index in [1.807, 2.05) is 0 Å². The fourth-order valence-electron chi connectivity index (χ4n) is 4.87. The van der Waals surface area contributed by atoms with E-state index in [2.05, 4.69) is 31.4 Å². The summed E-state index contributed by atoms with van der Waals surface area (Å²) in [6.07, 6.45) is 6.36. The van der Waals surface area contributed by atoms with Gasteiger partial charge in [0.15, 0.2) is 5.82 Å². The van der Waals surface area contributed by atoms with Gasteiger partial charge in [0.25, 0.3) is 0 Å². The molecule has 4 aliphatic heterocycles. The molecule has 0 saturated carbocycles. The molecule has 1 aliphatic carbocycles. The van der Waals surface area contributed by atoms with Crippen LogP contribution in [0.5, 0.6) is 0 Å². The number of rotatable bonds is 4. The standard InChI is InChI=1S/C18H27N5/c1-2-15-8-18(21-20-16(15)3-1)23-10-13(11-23)9-19-17-12-22-6-4-14(17)5-7-22/h8,13-14,17,19H,1-7,9-12H2. The highest BCUT2D eigenvalue weighted by atomic mass is 15.3. The Morgan fingerprint density at radius 3 is 2.74 bits per heavy atom. The number of aryl methyl sites for hydroxylation is 2. The SMILES string of the molecule is c1c(N2CC(CNC3CN4CCC3CC4)C2)nnc2c1CCC2. The summed E-state index contributed by atoms with van der Waals surface area (Å²) in [6, 6.07) is 3.03. The topological polar surface area (TPSA) is 44.3 Å². The molecule has 124 valence electrons. The zero-order valence-electron chi connectivity index (χ0n) is 13.9. The molecule has 5 aliphatic rings. The van der Waals surface area contributed by atoms with Crippen molar-refractivity contribution in [3.05, 3.63) is 17.3 Å². The van der Waals surface area contributed by atoms with Gasteiger partial charge < -0.3 is 15.1 Å². The number of piperidine rings is 3. The number of nitrogens with zero attached hydrogens (tertiary/aromatic N) is 4. The molecule has 5 nitrogen and oxygen atoms in total. The largest absolute Gasteiger partial charge is 0.354 e.